The Balaban J connectivity index is 2.33. The largest absolute Gasteiger partial charge is 0.0976 e. The van der Waals surface area contributed by atoms with Gasteiger partial charge in [-0.25, -0.2) is 0 Å². The van der Waals surface area contributed by atoms with E-state index in [0.29, 0.717) is 5.41 Å². The van der Waals surface area contributed by atoms with E-state index in [9.17, 15) is 0 Å². The van der Waals surface area contributed by atoms with Crippen LogP contribution in [0.2, 0.25) is 0 Å². The van der Waals surface area contributed by atoms with E-state index in [0.717, 1.165) is 0 Å². The molecule has 0 saturated carbocycles. The molecule has 0 radical (unpaired) electrons. The fourth-order valence-electron chi connectivity index (χ4n) is 0.951. The van der Waals surface area contributed by atoms with Gasteiger partial charge in [0.15, 0.2) is 0 Å². The Bertz CT molecular complexity index is 123. The van der Waals surface area contributed by atoms with Crippen molar-refractivity contribution < 1.29 is 0 Å². The quantitative estimate of drug-likeness (QED) is 0.661. The van der Waals surface area contributed by atoms with Crippen LogP contribution in [0, 0.1) is 5.41 Å². The van der Waals surface area contributed by atoms with Gasteiger partial charge < -0.3 is 0 Å². The van der Waals surface area contributed by atoms with Gasteiger partial charge in [0.1, 0.15) is 0 Å². The van der Waals surface area contributed by atoms with Gasteiger partial charge in [-0.1, -0.05) is 64.8 Å². The van der Waals surface area contributed by atoms with Crippen molar-refractivity contribution in [2.75, 3.05) is 35.5 Å². The molecule has 0 aliphatic carbocycles. The second-order valence-corrected chi connectivity index (χ2v) is 10.5. The molecule has 1 aliphatic rings. The second kappa shape index (κ2) is 7.39. The van der Waals surface area contributed by atoms with Crippen molar-refractivity contribution in [3.63, 3.8) is 0 Å². The van der Waals surface area contributed by atoms with E-state index in [4.69, 9.17) is 0 Å². The van der Waals surface area contributed by atoms with Crippen molar-refractivity contribution >= 4 is 64.8 Å². The minimum absolute atomic E-state index is 0.608. The third-order valence-corrected chi connectivity index (χ3v) is 8.67. The molecule has 0 aromatic heterocycles. The molecule has 0 unspecified atom stereocenters. The average molecular weight is 291 g/mol. The van der Waals surface area contributed by atoms with Gasteiger partial charge in [-0.3, -0.25) is 0 Å². The van der Waals surface area contributed by atoms with Gasteiger partial charge in [0.05, 0.1) is 0 Å². The fraction of sp³-hybridized carbons (Fsp3) is 1.00. The summed E-state index contributed by atoms with van der Waals surface area (Å²) in [6.45, 7) is 0. The minimum atomic E-state index is 0.608. The predicted molar refractivity (Wildman–Crippen MR) is 79.3 cm³/mol. The van der Waals surface area contributed by atoms with E-state index in [1.807, 2.05) is 43.2 Å². The maximum atomic E-state index is 2.18. The van der Waals surface area contributed by atoms with Crippen molar-refractivity contribution in [2.45, 2.75) is 0 Å². The van der Waals surface area contributed by atoms with E-state index < -0.39 is 0 Å². The molecule has 6 heteroatoms. The summed E-state index contributed by atoms with van der Waals surface area (Å²) in [6, 6.07) is 0. The van der Waals surface area contributed by atoms with Gasteiger partial charge in [0.2, 0.25) is 0 Å². The normalized spacial score (nSPS) is 20.8. The molecular formula is C7H14S6. The van der Waals surface area contributed by atoms with Crippen molar-refractivity contribution in [2.24, 2.45) is 5.41 Å². The zero-order valence-electron chi connectivity index (χ0n) is 7.78. The molecule has 0 spiro atoms. The first-order valence-corrected chi connectivity index (χ1v) is 11.8. The second-order valence-electron chi connectivity index (χ2n) is 2.88. The average Bonchev–Trinajstić information content (AvgIpc) is 2.61. The minimum Gasteiger partial charge on any atom is -0.0976 e. The van der Waals surface area contributed by atoms with E-state index in [1.54, 1.807) is 0 Å². The van der Waals surface area contributed by atoms with Gasteiger partial charge in [-0.15, -0.1) is 0 Å². The van der Waals surface area contributed by atoms with E-state index in [-0.39, 0.29) is 0 Å². The highest BCUT2D eigenvalue weighted by molar-refractivity contribution is 8.78. The van der Waals surface area contributed by atoms with Gasteiger partial charge in [-0.05, 0) is 12.5 Å². The van der Waals surface area contributed by atoms with Crippen LogP contribution in [0.1, 0.15) is 0 Å². The monoisotopic (exact) mass is 290 g/mol. The fourth-order valence-corrected chi connectivity index (χ4v) is 8.56. The lowest BCUT2D eigenvalue weighted by Gasteiger charge is -2.25. The number of hydrogen-bond donors (Lipinski definition) is 0. The highest BCUT2D eigenvalue weighted by Gasteiger charge is 2.35. The SMILES string of the molecule is CSSCC1(CSSC)CSSC1. The molecule has 1 rings (SSSR count). The summed E-state index contributed by atoms with van der Waals surface area (Å²) >= 11 is 0. The first kappa shape index (κ1) is 13.2. The van der Waals surface area contributed by atoms with Gasteiger partial charge in [-0.2, -0.15) is 0 Å². The van der Waals surface area contributed by atoms with Crippen LogP contribution in [0.3, 0.4) is 0 Å². The first-order chi connectivity index (χ1) is 6.33. The summed E-state index contributed by atoms with van der Waals surface area (Å²) in [5, 5.41) is 0. The third-order valence-electron chi connectivity index (χ3n) is 1.78. The van der Waals surface area contributed by atoms with Crippen molar-refractivity contribution in [3.8, 4) is 0 Å². The zero-order chi connectivity index (χ0) is 9.57. The van der Waals surface area contributed by atoms with Crippen LogP contribution >= 0.6 is 64.8 Å². The summed E-state index contributed by atoms with van der Waals surface area (Å²) in [6.07, 6.45) is 4.35. The van der Waals surface area contributed by atoms with Crippen LogP contribution in [0.5, 0.6) is 0 Å². The predicted octanol–water partition coefficient (Wildman–Crippen LogP) is 4.39. The van der Waals surface area contributed by atoms with Crippen molar-refractivity contribution in [1.29, 1.82) is 0 Å². The Morgan fingerprint density at radius 1 is 1.00 bits per heavy atom. The Hall–Kier alpha value is 2.10. The Kier molecular flexibility index (Phi) is 7.48. The molecule has 0 atom stereocenters. The lowest BCUT2D eigenvalue weighted by molar-refractivity contribution is 0.525. The van der Waals surface area contributed by atoms with Crippen molar-refractivity contribution in [1.82, 2.24) is 0 Å². The maximum Gasteiger partial charge on any atom is 0.0118 e. The Morgan fingerprint density at radius 3 is 1.85 bits per heavy atom. The maximum absolute atomic E-state index is 2.18. The highest BCUT2D eigenvalue weighted by atomic mass is 33.1. The molecule has 0 aromatic carbocycles. The Morgan fingerprint density at radius 2 is 1.46 bits per heavy atom. The topological polar surface area (TPSA) is 0 Å². The standard InChI is InChI=1S/C7H14S6/c1-8-10-3-7(4-11-9-2)5-12-13-6-7/h3-6H2,1-2H3. The summed E-state index contributed by atoms with van der Waals surface area (Å²) < 4.78 is 0. The first-order valence-electron chi connectivity index (χ1n) is 3.89. The zero-order valence-corrected chi connectivity index (χ0v) is 12.7. The molecule has 13 heavy (non-hydrogen) atoms. The molecule has 0 nitrogen and oxygen atoms in total. The van der Waals surface area contributed by atoms with Crippen LogP contribution in [0.25, 0.3) is 0 Å². The molecular weight excluding hydrogens is 276 g/mol. The summed E-state index contributed by atoms with van der Waals surface area (Å²) in [5.41, 5.74) is 0.608. The molecule has 1 aliphatic heterocycles. The van der Waals surface area contributed by atoms with E-state index in [2.05, 4.69) is 34.1 Å². The van der Waals surface area contributed by atoms with E-state index in [1.165, 1.54) is 23.0 Å². The molecule has 1 saturated heterocycles. The lowest BCUT2D eigenvalue weighted by atomic mass is 9.99. The smallest absolute Gasteiger partial charge is 0.0118 e. The summed E-state index contributed by atoms with van der Waals surface area (Å²) in [5.74, 6) is 5.33. The van der Waals surface area contributed by atoms with Crippen LogP contribution in [0.15, 0.2) is 0 Å². The number of hydrogen-bond acceptors (Lipinski definition) is 6. The van der Waals surface area contributed by atoms with Crippen LogP contribution in [-0.4, -0.2) is 35.5 Å². The molecule has 0 bridgehead atoms. The third kappa shape index (κ3) is 4.64. The highest BCUT2D eigenvalue weighted by Crippen LogP contribution is 2.48. The molecule has 1 heterocycles. The number of rotatable bonds is 6. The molecule has 0 aromatic rings. The molecule has 1 fully saturated rings. The molecule has 0 N–H and O–H groups in total. The lowest BCUT2D eigenvalue weighted by Crippen LogP contribution is -2.28. The Labute approximate surface area is 105 Å². The van der Waals surface area contributed by atoms with Crippen molar-refractivity contribution in [3.05, 3.63) is 0 Å². The molecule has 0 amide bonds. The van der Waals surface area contributed by atoms with Gasteiger partial charge in [0, 0.05) is 28.4 Å². The van der Waals surface area contributed by atoms with Gasteiger partial charge in [0.25, 0.3) is 0 Å². The molecule has 78 valence electrons. The van der Waals surface area contributed by atoms with Crippen LogP contribution in [0.4, 0.5) is 0 Å². The summed E-state index contributed by atoms with van der Waals surface area (Å²) in [7, 11) is 12.0. The van der Waals surface area contributed by atoms with Crippen LogP contribution in [-0.2, 0) is 0 Å². The van der Waals surface area contributed by atoms with E-state index >= 15 is 0 Å². The van der Waals surface area contributed by atoms with Crippen LogP contribution < -0.4 is 0 Å². The summed E-state index contributed by atoms with van der Waals surface area (Å²) in [4.78, 5) is 0. The van der Waals surface area contributed by atoms with Gasteiger partial charge >= 0.3 is 0 Å².